The first-order chi connectivity index (χ1) is 17.6. The molecule has 1 heterocycles. The average molecular weight is 487 g/mol. The maximum absolute atomic E-state index is 13.5. The van der Waals surface area contributed by atoms with E-state index < -0.39 is 0 Å². The minimum absolute atomic E-state index is 0.123. The molecule has 0 spiro atoms. The molecule has 1 fully saturated rings. The molecule has 1 unspecified atom stereocenters. The summed E-state index contributed by atoms with van der Waals surface area (Å²) in [6.07, 6.45) is 4.21. The van der Waals surface area contributed by atoms with Crippen molar-refractivity contribution in [1.82, 2.24) is 4.90 Å². The fourth-order valence-corrected chi connectivity index (χ4v) is 4.97. The summed E-state index contributed by atoms with van der Waals surface area (Å²) in [6.45, 7) is 3.08. The molecule has 2 amide bonds. The van der Waals surface area contributed by atoms with E-state index in [2.05, 4.69) is 36.5 Å². The average Bonchev–Trinajstić information content (AvgIpc) is 3.77. The van der Waals surface area contributed by atoms with Crippen molar-refractivity contribution in [3.63, 3.8) is 0 Å². The van der Waals surface area contributed by atoms with E-state index >= 15 is 0 Å². The summed E-state index contributed by atoms with van der Waals surface area (Å²) in [4.78, 5) is 15.4. The zero-order chi connectivity index (χ0) is 25.1. The van der Waals surface area contributed by atoms with Gasteiger partial charge in [-0.2, -0.15) is 0 Å². The third-order valence-corrected chi connectivity index (χ3v) is 7.22. The van der Waals surface area contributed by atoms with Gasteiger partial charge in [0.1, 0.15) is 23.9 Å². The molecule has 1 N–H and O–H groups in total. The van der Waals surface area contributed by atoms with Gasteiger partial charge in [0.05, 0.1) is 20.3 Å². The van der Waals surface area contributed by atoms with Gasteiger partial charge in [-0.25, -0.2) is 4.79 Å². The molecule has 0 aromatic heterocycles. The van der Waals surface area contributed by atoms with Gasteiger partial charge in [-0.1, -0.05) is 25.1 Å². The molecule has 188 valence electrons. The lowest BCUT2D eigenvalue weighted by Gasteiger charge is -2.37. The van der Waals surface area contributed by atoms with Gasteiger partial charge in [-0.05, 0) is 96.3 Å². The Bertz CT molecular complexity index is 1200. The van der Waals surface area contributed by atoms with E-state index in [-0.39, 0.29) is 12.1 Å². The summed E-state index contributed by atoms with van der Waals surface area (Å²) in [5, 5.41) is 3.11. The van der Waals surface area contributed by atoms with E-state index in [4.69, 9.17) is 14.2 Å². The van der Waals surface area contributed by atoms with Crippen LogP contribution in [0.25, 0.3) is 0 Å². The Hall–Kier alpha value is -3.67. The van der Waals surface area contributed by atoms with Crippen LogP contribution in [-0.2, 0) is 12.8 Å². The Morgan fingerprint density at radius 3 is 2.33 bits per heavy atom. The van der Waals surface area contributed by atoms with E-state index in [0.717, 1.165) is 41.3 Å². The van der Waals surface area contributed by atoms with Crippen molar-refractivity contribution in [3.8, 4) is 17.2 Å². The SMILES string of the molecule is CCc1cc2c(cc1OC)C(COc1ccc(OC)cc1)N(C(=O)Nc1ccc(C3CC3)cc1)CC2. The first-order valence-corrected chi connectivity index (χ1v) is 12.7. The van der Waals surface area contributed by atoms with Crippen molar-refractivity contribution in [1.29, 1.82) is 0 Å². The summed E-state index contributed by atoms with van der Waals surface area (Å²) >= 11 is 0. The highest BCUT2D eigenvalue weighted by molar-refractivity contribution is 5.90. The molecule has 36 heavy (non-hydrogen) atoms. The Balaban J connectivity index is 1.39. The zero-order valence-corrected chi connectivity index (χ0v) is 21.3. The van der Waals surface area contributed by atoms with Crippen molar-refractivity contribution in [2.75, 3.05) is 32.7 Å². The van der Waals surface area contributed by atoms with Gasteiger partial charge >= 0.3 is 6.03 Å². The highest BCUT2D eigenvalue weighted by atomic mass is 16.5. The van der Waals surface area contributed by atoms with Crippen LogP contribution in [0.2, 0.25) is 0 Å². The first-order valence-electron chi connectivity index (χ1n) is 12.7. The number of urea groups is 1. The van der Waals surface area contributed by atoms with Gasteiger partial charge in [0.25, 0.3) is 0 Å². The monoisotopic (exact) mass is 486 g/mol. The second-order valence-corrected chi connectivity index (χ2v) is 9.49. The molecule has 1 saturated carbocycles. The van der Waals surface area contributed by atoms with E-state index in [1.54, 1.807) is 14.2 Å². The predicted octanol–water partition coefficient (Wildman–Crippen LogP) is 6.35. The molecule has 6 heteroatoms. The first kappa shape index (κ1) is 24.0. The molecular weight excluding hydrogens is 452 g/mol. The number of rotatable bonds is 8. The number of nitrogens with zero attached hydrogens (tertiary/aromatic N) is 1. The molecule has 0 saturated heterocycles. The number of benzene rings is 3. The van der Waals surface area contributed by atoms with Gasteiger partial charge < -0.3 is 24.4 Å². The van der Waals surface area contributed by atoms with Crippen molar-refractivity contribution in [2.24, 2.45) is 0 Å². The van der Waals surface area contributed by atoms with Gasteiger partial charge in [0, 0.05) is 12.2 Å². The number of amides is 2. The lowest BCUT2D eigenvalue weighted by molar-refractivity contribution is 0.144. The second-order valence-electron chi connectivity index (χ2n) is 9.49. The molecule has 1 aliphatic heterocycles. The Kier molecular flexibility index (Phi) is 7.03. The Morgan fingerprint density at radius 1 is 0.972 bits per heavy atom. The molecule has 1 aliphatic carbocycles. The third kappa shape index (κ3) is 5.13. The molecule has 6 nitrogen and oxygen atoms in total. The standard InChI is InChI=1S/C30H34N2O4/c1-4-20-17-23-15-16-32(30(33)31-24-9-7-22(8-10-24)21-5-6-21)28(27(23)18-29(20)35-3)19-36-26-13-11-25(34-2)12-14-26/h7-14,17-18,21,28H,4-6,15-16,19H2,1-3H3,(H,31,33). The lowest BCUT2D eigenvalue weighted by Crippen LogP contribution is -2.44. The molecule has 2 aliphatic rings. The smallest absolute Gasteiger partial charge is 0.322 e. The van der Waals surface area contributed by atoms with Crippen LogP contribution in [0.5, 0.6) is 17.2 Å². The number of fused-ring (bicyclic) bond motifs is 1. The molecule has 0 bridgehead atoms. The topological polar surface area (TPSA) is 60.0 Å². The van der Waals surface area contributed by atoms with Crippen molar-refractivity contribution < 1.29 is 19.0 Å². The number of aryl methyl sites for hydroxylation is 1. The normalized spacial score (nSPS) is 16.8. The van der Waals surface area contributed by atoms with Crippen LogP contribution < -0.4 is 19.5 Å². The minimum atomic E-state index is -0.249. The number of methoxy groups -OCH3 is 2. The van der Waals surface area contributed by atoms with Crippen LogP contribution in [0.1, 0.15) is 54.0 Å². The fraction of sp³-hybridized carbons (Fsp3) is 0.367. The van der Waals surface area contributed by atoms with Crippen LogP contribution in [0, 0.1) is 0 Å². The van der Waals surface area contributed by atoms with Crippen molar-refractivity contribution in [3.05, 3.63) is 82.9 Å². The minimum Gasteiger partial charge on any atom is -0.497 e. The highest BCUT2D eigenvalue weighted by Gasteiger charge is 2.33. The Morgan fingerprint density at radius 2 is 1.69 bits per heavy atom. The predicted molar refractivity (Wildman–Crippen MR) is 141 cm³/mol. The van der Waals surface area contributed by atoms with E-state index in [9.17, 15) is 4.79 Å². The van der Waals surface area contributed by atoms with Crippen LogP contribution in [0.4, 0.5) is 10.5 Å². The number of hydrogen-bond acceptors (Lipinski definition) is 4. The van der Waals surface area contributed by atoms with Crippen LogP contribution >= 0.6 is 0 Å². The summed E-state index contributed by atoms with van der Waals surface area (Å²) in [6, 6.07) is 19.7. The van der Waals surface area contributed by atoms with E-state index in [0.29, 0.717) is 19.1 Å². The molecule has 3 aromatic rings. The molecule has 1 atom stereocenters. The van der Waals surface area contributed by atoms with E-state index in [1.807, 2.05) is 41.3 Å². The van der Waals surface area contributed by atoms with Gasteiger partial charge in [0.15, 0.2) is 0 Å². The second kappa shape index (κ2) is 10.5. The Labute approximate surface area is 213 Å². The summed E-state index contributed by atoms with van der Waals surface area (Å²) < 4.78 is 17.1. The number of anilines is 1. The molecule has 5 rings (SSSR count). The van der Waals surface area contributed by atoms with Crippen LogP contribution in [0.15, 0.2) is 60.7 Å². The van der Waals surface area contributed by atoms with Gasteiger partial charge in [-0.3, -0.25) is 0 Å². The quantitative estimate of drug-likeness (QED) is 0.403. The zero-order valence-electron chi connectivity index (χ0n) is 21.3. The molecule has 0 radical (unpaired) electrons. The summed E-state index contributed by atoms with van der Waals surface area (Å²) in [7, 11) is 3.34. The van der Waals surface area contributed by atoms with E-state index in [1.165, 1.54) is 29.5 Å². The summed E-state index contributed by atoms with van der Waals surface area (Å²) in [5.74, 6) is 3.05. The van der Waals surface area contributed by atoms with Crippen LogP contribution in [0.3, 0.4) is 0 Å². The largest absolute Gasteiger partial charge is 0.497 e. The van der Waals surface area contributed by atoms with Crippen molar-refractivity contribution >= 4 is 11.7 Å². The van der Waals surface area contributed by atoms with Gasteiger partial charge in [0.2, 0.25) is 0 Å². The number of ether oxygens (including phenoxy) is 3. The number of hydrogen-bond donors (Lipinski definition) is 1. The van der Waals surface area contributed by atoms with Crippen LogP contribution in [-0.4, -0.2) is 38.3 Å². The maximum Gasteiger partial charge on any atom is 0.322 e. The van der Waals surface area contributed by atoms with Gasteiger partial charge in [-0.15, -0.1) is 0 Å². The lowest BCUT2D eigenvalue weighted by atomic mass is 9.90. The number of nitrogens with one attached hydrogen (secondary N) is 1. The third-order valence-electron chi connectivity index (χ3n) is 7.22. The summed E-state index contributed by atoms with van der Waals surface area (Å²) in [5.41, 5.74) is 5.66. The highest BCUT2D eigenvalue weighted by Crippen LogP contribution is 2.40. The number of carbonyl (C=O) groups is 1. The van der Waals surface area contributed by atoms with Crippen molar-refractivity contribution in [2.45, 2.75) is 44.6 Å². The fourth-order valence-electron chi connectivity index (χ4n) is 4.97. The molecular formula is C30H34N2O4. The maximum atomic E-state index is 13.5. The molecule has 3 aromatic carbocycles. The number of carbonyl (C=O) groups excluding carboxylic acids is 1.